The predicted octanol–water partition coefficient (Wildman–Crippen LogP) is 4.99. The monoisotopic (exact) mass is 384 g/mol. The molecule has 0 spiro atoms. The normalized spacial score (nSPS) is 11.0. The summed E-state index contributed by atoms with van der Waals surface area (Å²) in [5, 5.41) is 6.13. The van der Waals surface area contributed by atoms with Crippen molar-refractivity contribution in [1.29, 1.82) is 0 Å². The number of halogens is 1. The molecule has 6 heteroatoms. The van der Waals surface area contributed by atoms with Gasteiger partial charge in [-0.1, -0.05) is 32.0 Å². The highest BCUT2D eigenvalue weighted by molar-refractivity contribution is 7.21. The minimum Gasteiger partial charge on any atom is -0.352 e. The molecule has 1 aromatic heterocycles. The first-order valence-corrected chi connectivity index (χ1v) is 9.56. The number of anilines is 1. The van der Waals surface area contributed by atoms with Gasteiger partial charge in [-0.2, -0.15) is 0 Å². The highest BCUT2D eigenvalue weighted by Crippen LogP contribution is 2.33. The average Bonchev–Trinajstić information content (AvgIpc) is 2.98. The maximum atomic E-state index is 14.1. The van der Waals surface area contributed by atoms with Crippen molar-refractivity contribution in [3.63, 3.8) is 0 Å². The molecule has 1 heterocycles. The maximum absolute atomic E-state index is 14.1. The van der Waals surface area contributed by atoms with Crippen LogP contribution in [0.1, 0.15) is 39.4 Å². The molecule has 2 N–H and O–H groups in total. The van der Waals surface area contributed by atoms with Crippen LogP contribution >= 0.6 is 11.3 Å². The third kappa shape index (κ3) is 4.01. The van der Waals surface area contributed by atoms with Crippen molar-refractivity contribution in [1.82, 2.24) is 5.32 Å². The van der Waals surface area contributed by atoms with Crippen LogP contribution in [0.15, 0.2) is 42.5 Å². The van der Waals surface area contributed by atoms with Crippen LogP contribution in [-0.2, 0) is 0 Å². The molecule has 140 valence electrons. The van der Waals surface area contributed by atoms with Crippen LogP contribution in [0, 0.1) is 18.7 Å². The second-order valence-electron chi connectivity index (χ2n) is 6.77. The van der Waals surface area contributed by atoms with Crippen LogP contribution < -0.4 is 10.6 Å². The summed E-state index contributed by atoms with van der Waals surface area (Å²) in [4.78, 5) is 25.7. The summed E-state index contributed by atoms with van der Waals surface area (Å²) in [7, 11) is 0. The molecule has 0 saturated carbocycles. The van der Waals surface area contributed by atoms with Crippen molar-refractivity contribution in [3.05, 3.63) is 64.3 Å². The van der Waals surface area contributed by atoms with E-state index in [1.54, 1.807) is 43.3 Å². The maximum Gasteiger partial charge on any atom is 0.266 e. The standard InChI is InChI=1S/C21H21FN2O2S/c1-12(2)11-23-20(25)14-7-4-5-9-16(14)24-21(26)19-13(3)18-15(22)8-6-10-17(18)27-19/h4-10,12H,11H2,1-3H3,(H,23,25)(H,24,26). The largest absolute Gasteiger partial charge is 0.352 e. The van der Waals surface area contributed by atoms with Crippen LogP contribution in [0.25, 0.3) is 10.1 Å². The Bertz CT molecular complexity index is 1010. The SMILES string of the molecule is Cc1c(C(=O)Nc2ccccc2C(=O)NCC(C)C)sc2cccc(F)c12. The van der Waals surface area contributed by atoms with E-state index >= 15 is 0 Å². The number of nitrogens with one attached hydrogen (secondary N) is 2. The van der Waals surface area contributed by atoms with Gasteiger partial charge in [0.25, 0.3) is 11.8 Å². The van der Waals surface area contributed by atoms with Gasteiger partial charge in [-0.15, -0.1) is 11.3 Å². The zero-order valence-electron chi connectivity index (χ0n) is 15.4. The Labute approximate surface area is 161 Å². The third-order valence-corrected chi connectivity index (χ3v) is 5.46. The van der Waals surface area contributed by atoms with Crippen LogP contribution in [0.3, 0.4) is 0 Å². The first kappa shape index (κ1) is 19.0. The lowest BCUT2D eigenvalue weighted by Gasteiger charge is -2.12. The molecule has 0 aliphatic rings. The number of amides is 2. The van der Waals surface area contributed by atoms with Gasteiger partial charge in [0.1, 0.15) is 5.82 Å². The summed E-state index contributed by atoms with van der Waals surface area (Å²) >= 11 is 1.24. The van der Waals surface area contributed by atoms with Gasteiger partial charge in [0, 0.05) is 16.6 Å². The number of hydrogen-bond donors (Lipinski definition) is 2. The Morgan fingerprint density at radius 3 is 2.52 bits per heavy atom. The van der Waals surface area contributed by atoms with Gasteiger partial charge in [-0.3, -0.25) is 9.59 Å². The van der Waals surface area contributed by atoms with Crippen molar-refractivity contribution < 1.29 is 14.0 Å². The number of benzene rings is 2. The molecule has 4 nitrogen and oxygen atoms in total. The van der Waals surface area contributed by atoms with Gasteiger partial charge >= 0.3 is 0 Å². The van der Waals surface area contributed by atoms with Gasteiger partial charge in [-0.25, -0.2) is 4.39 Å². The fourth-order valence-electron chi connectivity index (χ4n) is 2.83. The van der Waals surface area contributed by atoms with E-state index in [2.05, 4.69) is 10.6 Å². The van der Waals surface area contributed by atoms with Crippen LogP contribution in [0.2, 0.25) is 0 Å². The molecule has 3 rings (SSSR count). The zero-order chi connectivity index (χ0) is 19.6. The topological polar surface area (TPSA) is 58.2 Å². The van der Waals surface area contributed by atoms with Crippen molar-refractivity contribution in [2.75, 3.05) is 11.9 Å². The lowest BCUT2D eigenvalue weighted by molar-refractivity contribution is 0.0950. The molecule has 0 radical (unpaired) electrons. The fourth-order valence-corrected chi connectivity index (χ4v) is 3.95. The van der Waals surface area contributed by atoms with Crippen molar-refractivity contribution in [2.24, 2.45) is 5.92 Å². The molecule has 0 aliphatic carbocycles. The number of aryl methyl sites for hydroxylation is 1. The smallest absolute Gasteiger partial charge is 0.266 e. The minimum absolute atomic E-state index is 0.237. The number of carbonyl (C=O) groups excluding carboxylic acids is 2. The summed E-state index contributed by atoms with van der Waals surface area (Å²) in [6, 6.07) is 11.7. The Hall–Kier alpha value is -2.73. The minimum atomic E-state index is -0.350. The predicted molar refractivity (Wildman–Crippen MR) is 108 cm³/mol. The number of carbonyl (C=O) groups is 2. The van der Waals surface area contributed by atoms with E-state index in [4.69, 9.17) is 0 Å². The molecule has 0 fully saturated rings. The van der Waals surface area contributed by atoms with Gasteiger partial charge in [0.15, 0.2) is 0 Å². The van der Waals surface area contributed by atoms with E-state index in [1.807, 2.05) is 13.8 Å². The van der Waals surface area contributed by atoms with Crippen LogP contribution in [0.4, 0.5) is 10.1 Å². The molecule has 2 aromatic carbocycles. The molecule has 0 atom stereocenters. The molecule has 0 saturated heterocycles. The van der Waals surface area contributed by atoms with E-state index in [1.165, 1.54) is 17.4 Å². The fraction of sp³-hybridized carbons (Fsp3) is 0.238. The summed E-state index contributed by atoms with van der Waals surface area (Å²) in [6.07, 6.45) is 0. The van der Waals surface area contributed by atoms with Gasteiger partial charge in [0.2, 0.25) is 0 Å². The number of fused-ring (bicyclic) bond motifs is 1. The van der Waals surface area contributed by atoms with Crippen molar-refractivity contribution >= 4 is 38.9 Å². The van der Waals surface area contributed by atoms with E-state index in [9.17, 15) is 14.0 Å². The summed E-state index contributed by atoms with van der Waals surface area (Å²) in [5.41, 5.74) is 1.44. The van der Waals surface area contributed by atoms with E-state index < -0.39 is 0 Å². The van der Waals surface area contributed by atoms with Gasteiger partial charge < -0.3 is 10.6 Å². The Kier molecular flexibility index (Phi) is 5.56. The second kappa shape index (κ2) is 7.88. The van der Waals surface area contributed by atoms with Crippen molar-refractivity contribution in [3.8, 4) is 0 Å². The van der Waals surface area contributed by atoms with E-state index in [0.717, 1.165) is 4.70 Å². The number of thiophene rings is 1. The molecule has 0 bridgehead atoms. The first-order chi connectivity index (χ1) is 12.9. The summed E-state index contributed by atoms with van der Waals surface area (Å²) in [5.74, 6) is -0.600. The van der Waals surface area contributed by atoms with Crippen LogP contribution in [0.5, 0.6) is 0 Å². The molecule has 2 amide bonds. The molecule has 0 unspecified atom stereocenters. The van der Waals surface area contributed by atoms with Crippen molar-refractivity contribution in [2.45, 2.75) is 20.8 Å². The second-order valence-corrected chi connectivity index (χ2v) is 7.82. The third-order valence-electron chi connectivity index (χ3n) is 4.20. The Morgan fingerprint density at radius 2 is 1.81 bits per heavy atom. The summed E-state index contributed by atoms with van der Waals surface area (Å²) in [6.45, 7) is 6.31. The average molecular weight is 384 g/mol. The van der Waals surface area contributed by atoms with Crippen LogP contribution in [-0.4, -0.2) is 18.4 Å². The Balaban J connectivity index is 1.88. The number of para-hydroxylation sites is 1. The Morgan fingerprint density at radius 1 is 1.07 bits per heavy atom. The molecule has 3 aromatic rings. The molecule has 0 aliphatic heterocycles. The summed E-state index contributed by atoms with van der Waals surface area (Å²) < 4.78 is 14.8. The van der Waals surface area contributed by atoms with Gasteiger partial charge in [-0.05, 0) is 42.7 Å². The van der Waals surface area contributed by atoms with E-state index in [0.29, 0.717) is 39.5 Å². The molecular formula is C21H21FN2O2S. The van der Waals surface area contributed by atoms with E-state index in [-0.39, 0.29) is 17.6 Å². The highest BCUT2D eigenvalue weighted by Gasteiger charge is 2.20. The number of hydrogen-bond acceptors (Lipinski definition) is 3. The number of rotatable bonds is 5. The molecule has 27 heavy (non-hydrogen) atoms. The lowest BCUT2D eigenvalue weighted by Crippen LogP contribution is -2.28. The lowest BCUT2D eigenvalue weighted by atomic mass is 10.1. The highest BCUT2D eigenvalue weighted by atomic mass is 32.1. The quantitative estimate of drug-likeness (QED) is 0.651. The first-order valence-electron chi connectivity index (χ1n) is 8.74. The zero-order valence-corrected chi connectivity index (χ0v) is 16.2. The van der Waals surface area contributed by atoms with Gasteiger partial charge in [0.05, 0.1) is 16.1 Å². The molecular weight excluding hydrogens is 363 g/mol.